The molecule has 0 atom stereocenters. The minimum atomic E-state index is -0.483. The molecule has 1 heterocycles. The fourth-order valence-electron chi connectivity index (χ4n) is 3.05. The van der Waals surface area contributed by atoms with Crippen molar-refractivity contribution in [3.63, 3.8) is 0 Å². The molecular formula is C19H21Cl2FN2O. The summed E-state index contributed by atoms with van der Waals surface area (Å²) in [5.74, 6) is -0.715. The Hall–Kier alpha value is -1.62. The van der Waals surface area contributed by atoms with Gasteiger partial charge >= 0.3 is 0 Å². The van der Waals surface area contributed by atoms with Crippen LogP contribution >= 0.6 is 24.0 Å². The van der Waals surface area contributed by atoms with Crippen molar-refractivity contribution in [2.24, 2.45) is 0 Å². The maximum Gasteiger partial charge on any atom is 0.256 e. The normalized spacial score (nSPS) is 14.9. The van der Waals surface area contributed by atoms with Crippen LogP contribution in [-0.2, 0) is 0 Å². The molecule has 1 N–H and O–H groups in total. The van der Waals surface area contributed by atoms with Gasteiger partial charge in [0.15, 0.2) is 0 Å². The van der Waals surface area contributed by atoms with Crippen molar-refractivity contribution in [3.05, 3.63) is 58.9 Å². The molecular weight excluding hydrogens is 362 g/mol. The highest BCUT2D eigenvalue weighted by Gasteiger charge is 2.24. The molecule has 1 aliphatic heterocycles. The zero-order chi connectivity index (χ0) is 17.1. The predicted molar refractivity (Wildman–Crippen MR) is 102 cm³/mol. The van der Waals surface area contributed by atoms with Gasteiger partial charge in [-0.1, -0.05) is 29.8 Å². The van der Waals surface area contributed by atoms with Gasteiger partial charge in [-0.3, -0.25) is 4.79 Å². The molecule has 6 heteroatoms. The van der Waals surface area contributed by atoms with E-state index in [1.54, 1.807) is 29.2 Å². The van der Waals surface area contributed by atoms with Crippen molar-refractivity contribution < 1.29 is 9.18 Å². The van der Waals surface area contributed by atoms with E-state index in [1.165, 1.54) is 6.07 Å². The number of hydrogen-bond donors (Lipinski definition) is 1. The molecule has 1 aliphatic rings. The molecule has 1 fully saturated rings. The molecule has 1 saturated heterocycles. The number of nitrogens with one attached hydrogen (secondary N) is 1. The van der Waals surface area contributed by atoms with Crippen molar-refractivity contribution in [3.8, 4) is 11.1 Å². The van der Waals surface area contributed by atoms with Gasteiger partial charge in [0.25, 0.3) is 5.91 Å². The lowest BCUT2D eigenvalue weighted by molar-refractivity contribution is 0.0702. The van der Waals surface area contributed by atoms with Gasteiger partial charge in [-0.05, 0) is 55.3 Å². The monoisotopic (exact) mass is 382 g/mol. The van der Waals surface area contributed by atoms with E-state index in [9.17, 15) is 9.18 Å². The van der Waals surface area contributed by atoms with Gasteiger partial charge in [-0.2, -0.15) is 0 Å². The molecule has 134 valence electrons. The number of amides is 1. The van der Waals surface area contributed by atoms with Crippen LogP contribution in [0.3, 0.4) is 0 Å². The molecule has 0 saturated carbocycles. The lowest BCUT2D eigenvalue weighted by atomic mass is 10.0. The average Bonchev–Trinajstić information content (AvgIpc) is 2.62. The molecule has 2 aromatic rings. The SMILES string of the molecule is CNC1CCN(C(=O)c2ccc(-c3ccc(Cl)cc3)cc2F)CC1.Cl. The Labute approximate surface area is 158 Å². The van der Waals surface area contributed by atoms with Gasteiger partial charge in [-0.15, -0.1) is 12.4 Å². The maximum absolute atomic E-state index is 14.5. The number of nitrogens with zero attached hydrogens (tertiary/aromatic N) is 1. The first-order chi connectivity index (χ1) is 11.6. The average molecular weight is 383 g/mol. The van der Waals surface area contributed by atoms with Gasteiger partial charge in [0.2, 0.25) is 0 Å². The van der Waals surface area contributed by atoms with Crippen molar-refractivity contribution in [2.45, 2.75) is 18.9 Å². The van der Waals surface area contributed by atoms with Gasteiger partial charge in [0.1, 0.15) is 5.82 Å². The first-order valence-corrected chi connectivity index (χ1v) is 8.48. The van der Waals surface area contributed by atoms with Crippen LogP contribution in [0.4, 0.5) is 4.39 Å². The summed E-state index contributed by atoms with van der Waals surface area (Å²) in [7, 11) is 1.93. The standard InChI is InChI=1S/C19H20ClFN2O.ClH/c1-22-16-8-10-23(11-9-16)19(24)17-7-4-14(12-18(17)21)13-2-5-15(20)6-3-13;/h2-7,12,16,22H,8-11H2,1H3;1H. The predicted octanol–water partition coefficient (Wildman–Crippen LogP) is 4.39. The third-order valence-corrected chi connectivity index (χ3v) is 4.82. The zero-order valence-electron chi connectivity index (χ0n) is 14.0. The number of carbonyl (C=O) groups is 1. The Balaban J connectivity index is 0.00000225. The second-order valence-electron chi connectivity index (χ2n) is 6.06. The third-order valence-electron chi connectivity index (χ3n) is 4.57. The number of piperidine rings is 1. The summed E-state index contributed by atoms with van der Waals surface area (Å²) in [6.45, 7) is 1.31. The number of rotatable bonds is 3. The van der Waals surface area contributed by atoms with E-state index in [0.717, 1.165) is 24.0 Å². The molecule has 0 unspecified atom stereocenters. The lowest BCUT2D eigenvalue weighted by Gasteiger charge is -2.32. The van der Waals surface area contributed by atoms with Crippen LogP contribution in [0.25, 0.3) is 11.1 Å². The Morgan fingerprint density at radius 1 is 1.12 bits per heavy atom. The molecule has 2 aromatic carbocycles. The van der Waals surface area contributed by atoms with Crippen LogP contribution in [0, 0.1) is 5.82 Å². The van der Waals surface area contributed by atoms with Gasteiger partial charge < -0.3 is 10.2 Å². The molecule has 25 heavy (non-hydrogen) atoms. The number of hydrogen-bond acceptors (Lipinski definition) is 2. The van der Waals surface area contributed by atoms with Crippen LogP contribution in [0.1, 0.15) is 23.2 Å². The quantitative estimate of drug-likeness (QED) is 0.853. The second kappa shape index (κ2) is 8.65. The number of halogens is 3. The minimum absolute atomic E-state index is 0. The van der Waals surface area contributed by atoms with Crippen LogP contribution in [0.15, 0.2) is 42.5 Å². The van der Waals surface area contributed by atoms with Crippen LogP contribution < -0.4 is 5.32 Å². The number of carbonyl (C=O) groups excluding carboxylic acids is 1. The van der Waals surface area contributed by atoms with Crippen LogP contribution in [0.2, 0.25) is 5.02 Å². The Kier molecular flexibility index (Phi) is 6.82. The summed E-state index contributed by atoms with van der Waals surface area (Å²) in [5.41, 5.74) is 1.73. The van der Waals surface area contributed by atoms with E-state index in [2.05, 4.69) is 5.32 Å². The van der Waals surface area contributed by atoms with Crippen molar-refractivity contribution >= 4 is 29.9 Å². The van der Waals surface area contributed by atoms with Gasteiger partial charge in [0, 0.05) is 24.2 Å². The molecule has 3 nitrogen and oxygen atoms in total. The second-order valence-corrected chi connectivity index (χ2v) is 6.49. The first kappa shape index (κ1) is 19.7. The van der Waals surface area contributed by atoms with Gasteiger partial charge in [-0.25, -0.2) is 4.39 Å². The number of likely N-dealkylation sites (tertiary alicyclic amines) is 1. The first-order valence-electron chi connectivity index (χ1n) is 8.10. The van der Waals surface area contributed by atoms with E-state index >= 15 is 0 Å². The molecule has 1 amide bonds. The highest BCUT2D eigenvalue weighted by molar-refractivity contribution is 6.30. The van der Waals surface area contributed by atoms with Crippen molar-refractivity contribution in [1.29, 1.82) is 0 Å². The summed E-state index contributed by atoms with van der Waals surface area (Å²) in [4.78, 5) is 14.3. The summed E-state index contributed by atoms with van der Waals surface area (Å²) < 4.78 is 14.5. The Bertz CT molecular complexity index is 729. The third kappa shape index (κ3) is 4.51. The van der Waals surface area contributed by atoms with E-state index in [1.807, 2.05) is 19.2 Å². The Morgan fingerprint density at radius 3 is 2.28 bits per heavy atom. The van der Waals surface area contributed by atoms with Crippen molar-refractivity contribution in [1.82, 2.24) is 10.2 Å². The molecule has 3 rings (SSSR count). The maximum atomic E-state index is 14.5. The highest BCUT2D eigenvalue weighted by atomic mass is 35.5. The molecule has 0 aromatic heterocycles. The fourth-order valence-corrected chi connectivity index (χ4v) is 3.18. The molecule has 0 spiro atoms. The molecule has 0 radical (unpaired) electrons. The van der Waals surface area contributed by atoms with E-state index in [4.69, 9.17) is 11.6 Å². The molecule has 0 bridgehead atoms. The smallest absolute Gasteiger partial charge is 0.256 e. The molecule has 0 aliphatic carbocycles. The van der Waals surface area contributed by atoms with Crippen molar-refractivity contribution in [2.75, 3.05) is 20.1 Å². The largest absolute Gasteiger partial charge is 0.338 e. The minimum Gasteiger partial charge on any atom is -0.338 e. The summed E-state index contributed by atoms with van der Waals surface area (Å²) in [6.07, 6.45) is 1.79. The fraction of sp³-hybridized carbons (Fsp3) is 0.316. The Morgan fingerprint density at radius 2 is 1.72 bits per heavy atom. The van der Waals surface area contributed by atoms with Gasteiger partial charge in [0.05, 0.1) is 5.56 Å². The zero-order valence-corrected chi connectivity index (χ0v) is 15.5. The van der Waals surface area contributed by atoms with E-state index in [-0.39, 0.29) is 23.9 Å². The van der Waals surface area contributed by atoms with Crippen LogP contribution in [-0.4, -0.2) is 37.0 Å². The lowest BCUT2D eigenvalue weighted by Crippen LogP contribution is -2.44. The van der Waals surface area contributed by atoms with E-state index < -0.39 is 5.82 Å². The summed E-state index contributed by atoms with van der Waals surface area (Å²) >= 11 is 5.88. The van der Waals surface area contributed by atoms with E-state index in [0.29, 0.717) is 24.2 Å². The summed E-state index contributed by atoms with van der Waals surface area (Å²) in [6, 6.07) is 12.4. The highest BCUT2D eigenvalue weighted by Crippen LogP contribution is 2.25. The number of benzene rings is 2. The van der Waals surface area contributed by atoms with Crippen LogP contribution in [0.5, 0.6) is 0 Å². The topological polar surface area (TPSA) is 32.3 Å². The summed E-state index contributed by atoms with van der Waals surface area (Å²) in [5, 5.41) is 3.86.